The molecule has 1 atom stereocenters. The van der Waals surface area contributed by atoms with E-state index in [2.05, 4.69) is 63.9 Å². The van der Waals surface area contributed by atoms with Crippen LogP contribution in [0.25, 0.3) is 0 Å². The minimum absolute atomic E-state index is 0.217. The predicted octanol–water partition coefficient (Wildman–Crippen LogP) is 4.21. The average Bonchev–Trinajstić information content (AvgIpc) is 3.13. The molecule has 260 valence electrons. The van der Waals surface area contributed by atoms with Gasteiger partial charge < -0.3 is 15.1 Å². The Labute approximate surface area is 295 Å². The minimum Gasteiger partial charge on any atom is -0.371 e. The third kappa shape index (κ3) is 8.34. The van der Waals surface area contributed by atoms with Gasteiger partial charge >= 0.3 is 6.03 Å². The summed E-state index contributed by atoms with van der Waals surface area (Å²) in [6.45, 7) is 9.09. The van der Waals surface area contributed by atoms with Crippen LogP contribution in [0.3, 0.4) is 0 Å². The Bertz CT molecular complexity index is 1620. The van der Waals surface area contributed by atoms with Crippen LogP contribution in [-0.4, -0.2) is 107 Å². The number of piperidine rings is 2. The maximum absolute atomic E-state index is 13.5. The number of hydrogen-bond donors (Lipinski definition) is 2. The monoisotopic (exact) mass is 705 g/mol. The Kier molecular flexibility index (Phi) is 10.6. The molecular formula is C35H44ClN9O3S. The third-order valence-electron chi connectivity index (χ3n) is 10.1. The van der Waals surface area contributed by atoms with Gasteiger partial charge in [-0.15, -0.1) is 0 Å². The van der Waals surface area contributed by atoms with Crippen molar-refractivity contribution in [3.8, 4) is 0 Å². The normalized spacial score (nSPS) is 21.1. The number of aromatic nitrogens is 2. The molecule has 2 aromatic carbocycles. The number of carbonyl (C=O) groups excluding carboxylic acids is 2. The lowest BCUT2D eigenvalue weighted by atomic mass is 9.95. The van der Waals surface area contributed by atoms with Crippen molar-refractivity contribution in [1.29, 1.82) is 0 Å². The maximum Gasteiger partial charge on any atom is 0.328 e. The molecule has 3 aromatic rings. The zero-order valence-electron chi connectivity index (χ0n) is 27.7. The lowest BCUT2D eigenvalue weighted by molar-refractivity contribution is -0.120. The van der Waals surface area contributed by atoms with Gasteiger partial charge in [0.15, 0.2) is 0 Å². The lowest BCUT2D eigenvalue weighted by Crippen LogP contribution is -2.49. The van der Waals surface area contributed by atoms with Crippen molar-refractivity contribution in [2.24, 2.45) is 5.92 Å². The van der Waals surface area contributed by atoms with Gasteiger partial charge in [0, 0.05) is 95.0 Å². The quantitative estimate of drug-likeness (QED) is 0.338. The molecule has 12 nitrogen and oxygen atoms in total. The molecule has 5 heterocycles. The van der Waals surface area contributed by atoms with Gasteiger partial charge in [0.25, 0.3) is 0 Å². The van der Waals surface area contributed by atoms with Crippen LogP contribution in [0.4, 0.5) is 27.8 Å². The Morgan fingerprint density at radius 2 is 1.47 bits per heavy atom. The highest BCUT2D eigenvalue weighted by molar-refractivity contribution is 7.82. The number of urea groups is 1. The molecule has 0 spiro atoms. The zero-order chi connectivity index (χ0) is 33.7. The predicted molar refractivity (Wildman–Crippen MR) is 194 cm³/mol. The van der Waals surface area contributed by atoms with Crippen LogP contribution in [0.2, 0.25) is 5.02 Å². The van der Waals surface area contributed by atoms with Gasteiger partial charge in [0.05, 0.1) is 22.3 Å². The topological polar surface area (TPSA) is 117 Å². The summed E-state index contributed by atoms with van der Waals surface area (Å²) >= 11 is 5.90. The molecule has 49 heavy (non-hydrogen) atoms. The molecule has 14 heteroatoms. The highest BCUT2D eigenvalue weighted by Gasteiger charge is 2.28. The van der Waals surface area contributed by atoms with Crippen LogP contribution in [0.15, 0.2) is 65.8 Å². The van der Waals surface area contributed by atoms with Crippen LogP contribution in [-0.2, 0) is 15.8 Å². The molecule has 4 saturated heterocycles. The largest absolute Gasteiger partial charge is 0.371 e. The van der Waals surface area contributed by atoms with E-state index in [0.29, 0.717) is 29.9 Å². The summed E-state index contributed by atoms with van der Waals surface area (Å²) in [6.07, 6.45) is 7.57. The molecule has 0 bridgehead atoms. The van der Waals surface area contributed by atoms with E-state index in [1.54, 1.807) is 17.3 Å². The summed E-state index contributed by atoms with van der Waals surface area (Å²) in [5.41, 5.74) is 3.14. The SMILES string of the molecule is O=C1CCN(c2ccc(N3CCN(CC4CCN(c5cccc(S(=O)N6CCC(Nc7ncc(Cl)cn7)CC6)c5)CC4)CC3)cc2)C(=O)N1. The molecule has 1 aromatic heterocycles. The van der Waals surface area contributed by atoms with Crippen molar-refractivity contribution in [3.63, 3.8) is 0 Å². The van der Waals surface area contributed by atoms with Crippen molar-refractivity contribution >= 4 is 57.5 Å². The number of nitrogens with one attached hydrogen (secondary N) is 2. The molecule has 0 aliphatic carbocycles. The van der Waals surface area contributed by atoms with E-state index in [-0.39, 0.29) is 18.0 Å². The number of carbonyl (C=O) groups is 2. The van der Waals surface area contributed by atoms with E-state index in [0.717, 1.165) is 101 Å². The molecule has 3 amide bonds. The van der Waals surface area contributed by atoms with Gasteiger partial charge in [0.1, 0.15) is 11.0 Å². The van der Waals surface area contributed by atoms with Crippen molar-refractivity contribution < 1.29 is 13.8 Å². The van der Waals surface area contributed by atoms with Crippen molar-refractivity contribution in [3.05, 3.63) is 65.9 Å². The summed E-state index contributed by atoms with van der Waals surface area (Å²) < 4.78 is 15.6. The van der Waals surface area contributed by atoms with E-state index < -0.39 is 11.0 Å². The van der Waals surface area contributed by atoms with Gasteiger partial charge in [-0.05, 0) is 74.1 Å². The number of hydrogen-bond acceptors (Lipinski definition) is 9. The van der Waals surface area contributed by atoms with Crippen molar-refractivity contribution in [1.82, 2.24) is 24.5 Å². The molecule has 7 rings (SSSR count). The smallest absolute Gasteiger partial charge is 0.328 e. The standard InChI is InChI=1S/C35H44ClN9O3S/c36-27-23-37-34(38-24-27)39-28-10-15-44(16-11-28)49(48)32-3-1-2-31(22-32)42-13-8-26(9-14-42)25-41-18-20-43(21-19-41)29-4-6-30(7-5-29)45-17-12-33(46)40-35(45)47/h1-7,22-24,26,28H,8-21,25H2,(H,37,38,39)(H,40,46,47). The van der Waals surface area contributed by atoms with Crippen molar-refractivity contribution in [2.75, 3.05) is 85.5 Å². The molecule has 4 aliphatic rings. The molecule has 2 N–H and O–H groups in total. The third-order valence-corrected chi connectivity index (χ3v) is 11.8. The number of halogens is 1. The van der Waals surface area contributed by atoms with E-state index in [1.165, 1.54) is 5.69 Å². The van der Waals surface area contributed by atoms with Crippen molar-refractivity contribution in [2.45, 2.75) is 43.0 Å². The van der Waals surface area contributed by atoms with E-state index in [9.17, 15) is 13.8 Å². The second-order valence-corrected chi connectivity index (χ2v) is 15.2. The number of rotatable bonds is 9. The summed E-state index contributed by atoms with van der Waals surface area (Å²) in [5.74, 6) is 1.04. The van der Waals surface area contributed by atoms with Gasteiger partial charge in [-0.2, -0.15) is 0 Å². The molecule has 4 aliphatic heterocycles. The summed E-state index contributed by atoms with van der Waals surface area (Å²) in [4.78, 5) is 42.1. The van der Waals surface area contributed by atoms with Crippen LogP contribution in [0, 0.1) is 5.92 Å². The number of anilines is 4. The van der Waals surface area contributed by atoms with Crippen LogP contribution in [0.1, 0.15) is 32.1 Å². The van der Waals surface area contributed by atoms with Crippen LogP contribution < -0.4 is 25.3 Å². The number of piperazine rings is 1. The van der Waals surface area contributed by atoms with Gasteiger partial charge in [0.2, 0.25) is 11.9 Å². The second kappa shape index (κ2) is 15.4. The fourth-order valence-corrected chi connectivity index (χ4v) is 8.61. The summed E-state index contributed by atoms with van der Waals surface area (Å²) in [7, 11) is -1.19. The van der Waals surface area contributed by atoms with Crippen LogP contribution in [0.5, 0.6) is 0 Å². The first-order valence-corrected chi connectivity index (χ1v) is 18.8. The zero-order valence-corrected chi connectivity index (χ0v) is 29.2. The van der Waals surface area contributed by atoms with E-state index in [4.69, 9.17) is 11.6 Å². The first-order chi connectivity index (χ1) is 23.9. The lowest BCUT2D eigenvalue weighted by Gasteiger charge is -2.40. The number of amides is 3. The maximum atomic E-state index is 13.5. The Morgan fingerprint density at radius 3 is 2.16 bits per heavy atom. The fourth-order valence-electron chi connectivity index (χ4n) is 7.25. The molecule has 4 fully saturated rings. The fraction of sp³-hybridized carbons (Fsp3) is 0.486. The highest BCUT2D eigenvalue weighted by Crippen LogP contribution is 2.28. The number of nitrogens with zero attached hydrogens (tertiary/aromatic N) is 7. The van der Waals surface area contributed by atoms with Crippen LogP contribution >= 0.6 is 11.6 Å². The van der Waals surface area contributed by atoms with E-state index >= 15 is 0 Å². The van der Waals surface area contributed by atoms with Gasteiger partial charge in [-0.1, -0.05) is 17.7 Å². The first kappa shape index (κ1) is 33.7. The van der Waals surface area contributed by atoms with Gasteiger partial charge in [-0.3, -0.25) is 19.9 Å². The Hall–Kier alpha value is -3.78. The second-order valence-electron chi connectivity index (χ2n) is 13.3. The Balaban J connectivity index is 0.837. The molecular weight excluding hydrogens is 662 g/mol. The Morgan fingerprint density at radius 1 is 0.796 bits per heavy atom. The molecule has 0 saturated carbocycles. The summed E-state index contributed by atoms with van der Waals surface area (Å²) in [5, 5.41) is 6.28. The summed E-state index contributed by atoms with van der Waals surface area (Å²) in [6, 6.07) is 16.3. The highest BCUT2D eigenvalue weighted by atomic mass is 35.5. The van der Waals surface area contributed by atoms with E-state index in [1.807, 2.05) is 24.3 Å². The van der Waals surface area contributed by atoms with Gasteiger partial charge in [-0.25, -0.2) is 23.3 Å². The number of imide groups is 1. The molecule has 0 radical (unpaired) electrons. The average molecular weight is 706 g/mol. The minimum atomic E-state index is -1.19. The number of benzene rings is 2. The first-order valence-electron chi connectivity index (χ1n) is 17.3. The molecule has 1 unspecified atom stereocenters.